The Morgan fingerprint density at radius 2 is 2.03 bits per heavy atom. The fraction of sp³-hybridized carbons (Fsp3) is 0.476. The SMILES string of the molecule is CCOCC(=O)N1C[C@@H]2CN(C(=O)c3cc(=O)[nH]o3)C[C@@H]2[C@H]1c1ccccc1C. The van der Waals surface area contributed by atoms with Crippen molar-refractivity contribution in [1.29, 1.82) is 0 Å². The van der Waals surface area contributed by atoms with Crippen LogP contribution in [0.3, 0.4) is 0 Å². The lowest BCUT2D eigenvalue weighted by molar-refractivity contribution is -0.137. The summed E-state index contributed by atoms with van der Waals surface area (Å²) in [6.07, 6.45) is 0. The number of aromatic amines is 1. The summed E-state index contributed by atoms with van der Waals surface area (Å²) in [5, 5.41) is 2.16. The summed E-state index contributed by atoms with van der Waals surface area (Å²) in [5.74, 6) is -0.0136. The van der Waals surface area contributed by atoms with Gasteiger partial charge >= 0.3 is 0 Å². The monoisotopic (exact) mass is 399 g/mol. The molecule has 2 amide bonds. The summed E-state index contributed by atoms with van der Waals surface area (Å²) in [7, 11) is 0. The van der Waals surface area contributed by atoms with Crippen LogP contribution in [-0.4, -0.2) is 59.6 Å². The Balaban J connectivity index is 1.60. The van der Waals surface area contributed by atoms with E-state index in [9.17, 15) is 14.4 Å². The molecule has 8 heteroatoms. The molecule has 4 rings (SSSR count). The summed E-state index contributed by atoms with van der Waals surface area (Å²) in [6.45, 7) is 6.08. The molecule has 0 spiro atoms. The second-order valence-corrected chi connectivity index (χ2v) is 7.70. The molecule has 2 saturated heterocycles. The van der Waals surface area contributed by atoms with Crippen LogP contribution >= 0.6 is 0 Å². The number of hydrogen-bond donors (Lipinski definition) is 1. The Morgan fingerprint density at radius 1 is 1.24 bits per heavy atom. The van der Waals surface area contributed by atoms with Gasteiger partial charge in [0.1, 0.15) is 6.61 Å². The zero-order chi connectivity index (χ0) is 20.5. The molecule has 0 saturated carbocycles. The first-order valence-electron chi connectivity index (χ1n) is 9.90. The van der Waals surface area contributed by atoms with Gasteiger partial charge in [-0.1, -0.05) is 24.3 Å². The van der Waals surface area contributed by atoms with Crippen molar-refractivity contribution in [3.63, 3.8) is 0 Å². The first-order valence-corrected chi connectivity index (χ1v) is 9.90. The number of aromatic nitrogens is 1. The van der Waals surface area contributed by atoms with Crippen molar-refractivity contribution in [1.82, 2.24) is 15.0 Å². The zero-order valence-corrected chi connectivity index (χ0v) is 16.6. The van der Waals surface area contributed by atoms with Gasteiger partial charge in [0.05, 0.1) is 12.1 Å². The number of ether oxygens (including phenoxy) is 1. The van der Waals surface area contributed by atoms with Crippen LogP contribution in [-0.2, 0) is 9.53 Å². The van der Waals surface area contributed by atoms with E-state index < -0.39 is 5.56 Å². The highest BCUT2D eigenvalue weighted by molar-refractivity contribution is 5.91. The first-order chi connectivity index (χ1) is 14.0. The van der Waals surface area contributed by atoms with Gasteiger partial charge in [-0.3, -0.25) is 14.4 Å². The number of likely N-dealkylation sites (tertiary alicyclic amines) is 2. The van der Waals surface area contributed by atoms with Gasteiger partial charge in [0.15, 0.2) is 0 Å². The summed E-state index contributed by atoms with van der Waals surface area (Å²) in [6, 6.07) is 9.13. The van der Waals surface area contributed by atoms with Crippen LogP contribution in [0, 0.1) is 18.8 Å². The molecule has 3 atom stereocenters. The van der Waals surface area contributed by atoms with Crippen molar-refractivity contribution in [3.8, 4) is 0 Å². The quantitative estimate of drug-likeness (QED) is 0.824. The van der Waals surface area contributed by atoms with Gasteiger partial charge in [0, 0.05) is 38.1 Å². The van der Waals surface area contributed by atoms with Crippen LogP contribution in [0.2, 0.25) is 0 Å². The van der Waals surface area contributed by atoms with Crippen molar-refractivity contribution < 1.29 is 18.8 Å². The third-order valence-corrected chi connectivity index (χ3v) is 5.94. The molecule has 0 unspecified atom stereocenters. The van der Waals surface area contributed by atoms with E-state index in [0.29, 0.717) is 26.2 Å². The summed E-state index contributed by atoms with van der Waals surface area (Å²) < 4.78 is 10.3. The average molecular weight is 399 g/mol. The number of aryl methyl sites for hydroxylation is 1. The topological polar surface area (TPSA) is 95.9 Å². The lowest BCUT2D eigenvalue weighted by atomic mass is 9.87. The van der Waals surface area contributed by atoms with Crippen LogP contribution in [0.4, 0.5) is 0 Å². The highest BCUT2D eigenvalue weighted by Gasteiger charge is 2.50. The second-order valence-electron chi connectivity index (χ2n) is 7.70. The maximum atomic E-state index is 12.8. The predicted octanol–water partition coefficient (Wildman–Crippen LogP) is 1.58. The molecule has 3 heterocycles. The maximum absolute atomic E-state index is 12.8. The van der Waals surface area contributed by atoms with Gasteiger partial charge in [-0.2, -0.15) is 5.16 Å². The number of H-pyrrole nitrogens is 1. The van der Waals surface area contributed by atoms with E-state index in [-0.39, 0.29) is 42.1 Å². The minimum atomic E-state index is -0.432. The largest absolute Gasteiger partial charge is 0.373 e. The molecule has 0 bridgehead atoms. The summed E-state index contributed by atoms with van der Waals surface area (Å²) in [4.78, 5) is 40.5. The molecule has 8 nitrogen and oxygen atoms in total. The Hall–Kier alpha value is -2.87. The fourth-order valence-electron chi connectivity index (χ4n) is 4.60. The van der Waals surface area contributed by atoms with E-state index in [1.165, 1.54) is 6.07 Å². The fourth-order valence-corrected chi connectivity index (χ4v) is 4.60. The number of carbonyl (C=O) groups is 2. The third kappa shape index (κ3) is 3.60. The van der Waals surface area contributed by atoms with Crippen molar-refractivity contribution in [2.45, 2.75) is 19.9 Å². The number of fused-ring (bicyclic) bond motifs is 1. The number of rotatable bonds is 5. The van der Waals surface area contributed by atoms with Crippen LogP contribution in [0.25, 0.3) is 0 Å². The molecule has 2 aliphatic rings. The van der Waals surface area contributed by atoms with Gasteiger partial charge in [-0.05, 0) is 25.0 Å². The lowest BCUT2D eigenvalue weighted by Gasteiger charge is -2.30. The number of hydrogen-bond acceptors (Lipinski definition) is 5. The van der Waals surface area contributed by atoms with Crippen LogP contribution in [0.15, 0.2) is 39.6 Å². The lowest BCUT2D eigenvalue weighted by Crippen LogP contribution is -2.39. The Labute approximate surface area is 168 Å². The van der Waals surface area contributed by atoms with Crippen LogP contribution < -0.4 is 5.56 Å². The minimum Gasteiger partial charge on any atom is -0.373 e. The van der Waals surface area contributed by atoms with E-state index in [2.05, 4.69) is 11.2 Å². The first kappa shape index (κ1) is 19.4. The van der Waals surface area contributed by atoms with Crippen LogP contribution in [0.5, 0.6) is 0 Å². The average Bonchev–Trinajstić information content (AvgIpc) is 3.40. The molecule has 0 radical (unpaired) electrons. The van der Waals surface area contributed by atoms with Crippen molar-refractivity contribution in [2.24, 2.45) is 11.8 Å². The highest BCUT2D eigenvalue weighted by Crippen LogP contribution is 2.46. The van der Waals surface area contributed by atoms with Gasteiger partial charge < -0.3 is 19.1 Å². The number of amides is 2. The van der Waals surface area contributed by atoms with Gasteiger partial charge in [0.2, 0.25) is 11.7 Å². The number of carbonyl (C=O) groups excluding carboxylic acids is 2. The molecule has 1 N–H and O–H groups in total. The number of nitrogens with one attached hydrogen (secondary N) is 1. The highest BCUT2D eigenvalue weighted by atomic mass is 16.5. The molecule has 1 aromatic heterocycles. The molecule has 1 aromatic carbocycles. The molecule has 2 aliphatic heterocycles. The van der Waals surface area contributed by atoms with Crippen molar-refractivity contribution in [3.05, 3.63) is 57.6 Å². The van der Waals surface area contributed by atoms with E-state index >= 15 is 0 Å². The summed E-state index contributed by atoms with van der Waals surface area (Å²) in [5.41, 5.74) is 1.79. The van der Waals surface area contributed by atoms with E-state index in [1.54, 1.807) is 4.90 Å². The zero-order valence-electron chi connectivity index (χ0n) is 16.6. The Morgan fingerprint density at radius 3 is 2.72 bits per heavy atom. The maximum Gasteiger partial charge on any atom is 0.292 e. The predicted molar refractivity (Wildman–Crippen MR) is 104 cm³/mol. The van der Waals surface area contributed by atoms with E-state index in [4.69, 9.17) is 9.26 Å². The molecular formula is C21H25N3O5. The Kier molecular flexibility index (Phi) is 5.27. The van der Waals surface area contributed by atoms with Gasteiger partial charge in [0.25, 0.3) is 11.5 Å². The molecule has 29 heavy (non-hydrogen) atoms. The van der Waals surface area contributed by atoms with E-state index in [0.717, 1.165) is 11.1 Å². The van der Waals surface area contributed by atoms with Crippen molar-refractivity contribution in [2.75, 3.05) is 32.8 Å². The molecule has 2 fully saturated rings. The number of benzene rings is 1. The van der Waals surface area contributed by atoms with Crippen molar-refractivity contribution >= 4 is 11.8 Å². The molecular weight excluding hydrogens is 374 g/mol. The third-order valence-electron chi connectivity index (χ3n) is 5.94. The Bertz CT molecular complexity index is 965. The van der Waals surface area contributed by atoms with Gasteiger partial charge in [-0.15, -0.1) is 0 Å². The van der Waals surface area contributed by atoms with E-state index in [1.807, 2.05) is 36.9 Å². The van der Waals surface area contributed by atoms with Crippen LogP contribution in [0.1, 0.15) is 34.6 Å². The molecule has 154 valence electrons. The number of nitrogens with zero attached hydrogens (tertiary/aromatic N) is 2. The standard InChI is InChI=1S/C21H25N3O5/c1-3-28-12-19(26)24-10-14-9-23(21(27)17-8-18(25)22-29-17)11-16(14)20(24)15-7-5-4-6-13(15)2/h4-8,14,16,20H,3,9-12H2,1-2H3,(H,22,25)/t14-,16-,20+/m0/s1. The van der Waals surface area contributed by atoms with Gasteiger partial charge in [-0.25, -0.2) is 0 Å². The molecule has 2 aromatic rings. The second kappa shape index (κ2) is 7.87. The smallest absolute Gasteiger partial charge is 0.292 e. The summed E-state index contributed by atoms with van der Waals surface area (Å²) >= 11 is 0. The normalized spacial score (nSPS) is 23.4. The minimum absolute atomic E-state index is 0.0201. The molecule has 0 aliphatic carbocycles.